The molecule has 3 aromatic carbocycles. The highest BCUT2D eigenvalue weighted by Gasteiger charge is 2.36. The Morgan fingerprint density at radius 1 is 0.857 bits per heavy atom. The Morgan fingerprint density at radius 3 is 1.90 bits per heavy atom. The Kier molecular flexibility index (Phi) is 8.60. The third-order valence-corrected chi connectivity index (χ3v) is 7.84. The summed E-state index contributed by atoms with van der Waals surface area (Å²) in [5.41, 5.74) is 10.7. The fourth-order valence-electron chi connectivity index (χ4n) is 5.23. The van der Waals surface area contributed by atoms with Gasteiger partial charge in [0.1, 0.15) is 11.5 Å². The molecule has 1 atom stereocenters. The number of rotatable bonds is 9. The quantitative estimate of drug-likeness (QED) is 0.259. The molecule has 1 heterocycles. The molecule has 3 aromatic rings. The van der Waals surface area contributed by atoms with Gasteiger partial charge >= 0.3 is 0 Å². The first-order valence-corrected chi connectivity index (χ1v) is 14.3. The number of hydrogen-bond donors (Lipinski definition) is 2. The molecule has 1 unspecified atom stereocenters. The van der Waals surface area contributed by atoms with Gasteiger partial charge in [-0.15, -0.1) is 0 Å². The van der Waals surface area contributed by atoms with E-state index in [2.05, 4.69) is 25.8 Å². The van der Waals surface area contributed by atoms with E-state index in [1.54, 1.807) is 31.4 Å². The van der Waals surface area contributed by atoms with E-state index >= 15 is 0 Å². The predicted octanol–water partition coefficient (Wildman–Crippen LogP) is 8.26. The lowest BCUT2D eigenvalue weighted by molar-refractivity contribution is -0.0130. The van der Waals surface area contributed by atoms with Crippen molar-refractivity contribution in [2.24, 2.45) is 0 Å². The van der Waals surface area contributed by atoms with Crippen molar-refractivity contribution in [1.82, 2.24) is 4.90 Å². The summed E-state index contributed by atoms with van der Waals surface area (Å²) in [4.78, 5) is 14.8. The van der Waals surface area contributed by atoms with E-state index in [4.69, 9.17) is 4.74 Å². The van der Waals surface area contributed by atoms with E-state index in [0.717, 1.165) is 59.9 Å². The van der Waals surface area contributed by atoms with Crippen LogP contribution < -0.4 is 0 Å². The summed E-state index contributed by atoms with van der Waals surface area (Å²) in [5, 5.41) is 19.7. The molecular formula is C37H37NO4. The van der Waals surface area contributed by atoms with Gasteiger partial charge in [0.25, 0.3) is 5.91 Å². The fraction of sp³-hybridized carbons (Fsp3) is 0.216. The van der Waals surface area contributed by atoms with E-state index in [1.165, 1.54) is 22.3 Å². The average molecular weight is 560 g/mol. The molecule has 2 aliphatic carbocycles. The highest BCUT2D eigenvalue weighted by molar-refractivity contribution is 5.98. The Morgan fingerprint density at radius 2 is 1.40 bits per heavy atom. The van der Waals surface area contributed by atoms with Crippen molar-refractivity contribution in [2.75, 3.05) is 13.7 Å². The number of amides is 1. The number of methoxy groups -OCH3 is 1. The second-order valence-electron chi connectivity index (χ2n) is 11.0. The van der Waals surface area contributed by atoms with Crippen LogP contribution >= 0.6 is 0 Å². The van der Waals surface area contributed by atoms with Crippen LogP contribution in [0.25, 0.3) is 5.57 Å². The molecule has 5 heteroatoms. The van der Waals surface area contributed by atoms with Gasteiger partial charge in [-0.1, -0.05) is 68.3 Å². The molecule has 2 N–H and O–H groups in total. The number of nitrogens with zero attached hydrogens (tertiary/aromatic N) is 1. The number of carbonyl (C=O) groups is 1. The molecule has 0 saturated heterocycles. The van der Waals surface area contributed by atoms with Crippen LogP contribution in [0.4, 0.5) is 0 Å². The Labute approximate surface area is 248 Å². The van der Waals surface area contributed by atoms with Crippen molar-refractivity contribution in [3.8, 4) is 11.5 Å². The number of phenolic OH excluding ortho intramolecular Hbond substituents is 2. The third-order valence-electron chi connectivity index (χ3n) is 7.84. The number of carbonyl (C=O) groups excluding carboxylic acids is 1. The van der Waals surface area contributed by atoms with Crippen LogP contribution in [0.2, 0.25) is 0 Å². The van der Waals surface area contributed by atoms with Gasteiger partial charge < -0.3 is 19.8 Å². The molecule has 42 heavy (non-hydrogen) atoms. The van der Waals surface area contributed by atoms with Gasteiger partial charge in [0.15, 0.2) is 6.23 Å². The second-order valence-corrected chi connectivity index (χ2v) is 11.0. The molecule has 2 fully saturated rings. The summed E-state index contributed by atoms with van der Waals surface area (Å²) in [7, 11) is 1.64. The molecule has 2 saturated carbocycles. The molecule has 3 aliphatic rings. The van der Waals surface area contributed by atoms with Crippen LogP contribution in [0.3, 0.4) is 0 Å². The normalized spacial score (nSPS) is 17.6. The summed E-state index contributed by atoms with van der Waals surface area (Å²) >= 11 is 0. The third kappa shape index (κ3) is 6.64. The topological polar surface area (TPSA) is 70.0 Å². The molecule has 5 nitrogen and oxygen atoms in total. The van der Waals surface area contributed by atoms with Crippen molar-refractivity contribution < 1.29 is 19.7 Å². The summed E-state index contributed by atoms with van der Waals surface area (Å²) in [6.45, 7) is 12.0. The van der Waals surface area contributed by atoms with E-state index in [9.17, 15) is 15.0 Å². The summed E-state index contributed by atoms with van der Waals surface area (Å²) in [6, 6.07) is 22.1. The first-order valence-electron chi connectivity index (χ1n) is 14.3. The summed E-state index contributed by atoms with van der Waals surface area (Å²) < 4.78 is 5.68. The number of allylic oxidation sites excluding steroid dienone is 6. The minimum Gasteiger partial charge on any atom is -0.508 e. The number of phenols is 2. The average Bonchev–Trinajstić information content (AvgIpc) is 3.85. The first-order chi connectivity index (χ1) is 20.3. The highest BCUT2D eigenvalue weighted by atomic mass is 16.5. The van der Waals surface area contributed by atoms with Crippen molar-refractivity contribution in [2.45, 2.75) is 38.3 Å². The van der Waals surface area contributed by atoms with Crippen LogP contribution in [0, 0.1) is 0 Å². The smallest absolute Gasteiger partial charge is 0.256 e. The van der Waals surface area contributed by atoms with Gasteiger partial charge in [-0.05, 0) is 107 Å². The van der Waals surface area contributed by atoms with Gasteiger partial charge in [-0.2, -0.15) is 0 Å². The number of unbranched alkanes of at least 4 members (excludes halogenated alkanes) is 1. The Hall–Kier alpha value is -4.61. The van der Waals surface area contributed by atoms with Crippen LogP contribution in [0.5, 0.6) is 11.5 Å². The molecule has 1 amide bonds. The Bertz CT molecular complexity index is 1530. The monoisotopic (exact) mass is 559 g/mol. The van der Waals surface area contributed by atoms with Gasteiger partial charge in [0, 0.05) is 24.8 Å². The van der Waals surface area contributed by atoms with Gasteiger partial charge in [-0.25, -0.2) is 0 Å². The SMILES string of the molecule is C=C1C/C1=C\C(CCCCN1C(=O)c2ccccc2C1OC)=C(c1ccc(O)cc1)c1ccc(O)cc1.C=C1CC1=C. The summed E-state index contributed by atoms with van der Waals surface area (Å²) in [5.74, 6) is 0.449. The minimum atomic E-state index is -0.347. The van der Waals surface area contributed by atoms with E-state index in [-0.39, 0.29) is 23.6 Å². The Balaban J connectivity index is 0.000000639. The van der Waals surface area contributed by atoms with Gasteiger partial charge in [0.2, 0.25) is 0 Å². The molecule has 0 aromatic heterocycles. The van der Waals surface area contributed by atoms with Gasteiger partial charge in [-0.3, -0.25) is 4.79 Å². The van der Waals surface area contributed by atoms with Crippen LogP contribution in [0.15, 0.2) is 126 Å². The number of benzene rings is 3. The van der Waals surface area contributed by atoms with Crippen molar-refractivity contribution in [1.29, 1.82) is 0 Å². The molecule has 0 radical (unpaired) electrons. The molecular weight excluding hydrogens is 522 g/mol. The standard InChI is InChI=1S/C32H31NO4.C5H6/c1-21-19-25(21)20-24(30(22-10-14-26(34)15-11-22)23-12-16-27(35)17-13-23)7-5-6-18-33-31(36)28-8-3-4-9-29(28)32(33)37-2;1-4-3-5(4)2/h3-4,8-17,20,32,34-35H,1,5-7,18-19H2,2H3;1-3H2/b25-20+;. The zero-order valence-electron chi connectivity index (χ0n) is 24.1. The fourth-order valence-corrected chi connectivity index (χ4v) is 5.23. The first kappa shape index (κ1) is 28.9. The van der Waals surface area contributed by atoms with Crippen LogP contribution in [-0.4, -0.2) is 34.7 Å². The lowest BCUT2D eigenvalue weighted by atomic mass is 9.90. The highest BCUT2D eigenvalue weighted by Crippen LogP contribution is 2.40. The molecule has 6 rings (SSSR count). The summed E-state index contributed by atoms with van der Waals surface area (Å²) in [6.07, 6.45) is 6.39. The maximum Gasteiger partial charge on any atom is 0.256 e. The van der Waals surface area contributed by atoms with Crippen molar-refractivity contribution >= 4 is 11.5 Å². The molecule has 214 valence electrons. The zero-order valence-corrected chi connectivity index (χ0v) is 24.1. The minimum absolute atomic E-state index is 0.0171. The number of hydrogen-bond acceptors (Lipinski definition) is 4. The number of aromatic hydroxyl groups is 2. The molecule has 0 bridgehead atoms. The lowest BCUT2D eigenvalue weighted by Gasteiger charge is -2.24. The van der Waals surface area contributed by atoms with E-state index in [0.29, 0.717) is 12.1 Å². The maximum atomic E-state index is 13.0. The number of ether oxygens (including phenoxy) is 1. The molecule has 0 spiro atoms. The predicted molar refractivity (Wildman–Crippen MR) is 168 cm³/mol. The van der Waals surface area contributed by atoms with E-state index < -0.39 is 0 Å². The van der Waals surface area contributed by atoms with Crippen LogP contribution in [-0.2, 0) is 4.74 Å². The molecule has 1 aliphatic heterocycles. The van der Waals surface area contributed by atoms with Crippen molar-refractivity contribution in [3.05, 3.63) is 149 Å². The van der Waals surface area contributed by atoms with E-state index in [1.807, 2.05) is 53.4 Å². The zero-order chi connectivity index (χ0) is 29.8. The second kappa shape index (κ2) is 12.5. The van der Waals surface area contributed by atoms with Gasteiger partial charge in [0.05, 0.1) is 0 Å². The van der Waals surface area contributed by atoms with Crippen molar-refractivity contribution in [3.63, 3.8) is 0 Å². The van der Waals surface area contributed by atoms with Crippen LogP contribution in [0.1, 0.15) is 65.4 Å². The maximum absolute atomic E-state index is 13.0. The largest absolute Gasteiger partial charge is 0.508 e. The number of fused-ring (bicyclic) bond motifs is 1. The lowest BCUT2D eigenvalue weighted by Crippen LogP contribution is -2.30.